The average Bonchev–Trinajstić information content (AvgIpc) is 3.14. The fourth-order valence-corrected chi connectivity index (χ4v) is 5.71. The second kappa shape index (κ2) is 10.2. The van der Waals surface area contributed by atoms with E-state index in [1.165, 1.54) is 44.6 Å². The van der Waals surface area contributed by atoms with E-state index in [-0.39, 0.29) is 37.9 Å². The van der Waals surface area contributed by atoms with Crippen LogP contribution >= 0.6 is 15.9 Å². The maximum atomic E-state index is 14.4. The number of carbonyl (C=O) groups excluding carboxylic acids is 1. The second-order valence-corrected chi connectivity index (χ2v) is 10.7. The Balaban J connectivity index is 2.18. The van der Waals surface area contributed by atoms with Gasteiger partial charge in [-0.15, -0.1) is 0 Å². The molecule has 3 aromatic rings. The molecule has 0 atom stereocenters. The zero-order valence-electron chi connectivity index (χ0n) is 20.2. The molecule has 3 rings (SSSR count). The zero-order valence-corrected chi connectivity index (χ0v) is 22.6. The van der Waals surface area contributed by atoms with Crippen molar-refractivity contribution in [3.8, 4) is 5.75 Å². The van der Waals surface area contributed by atoms with Gasteiger partial charge in [0.2, 0.25) is 0 Å². The highest BCUT2D eigenvalue weighted by atomic mass is 79.9. The van der Waals surface area contributed by atoms with Gasteiger partial charge >= 0.3 is 0 Å². The van der Waals surface area contributed by atoms with E-state index in [1.807, 2.05) is 6.92 Å². The number of amides is 1. The number of benzene rings is 2. The van der Waals surface area contributed by atoms with Crippen molar-refractivity contribution in [1.29, 1.82) is 0 Å². The van der Waals surface area contributed by atoms with E-state index < -0.39 is 21.7 Å². The molecular weight excluding hydrogens is 539 g/mol. The number of hydrogen-bond donors (Lipinski definition) is 1. The van der Waals surface area contributed by atoms with Crippen molar-refractivity contribution in [2.24, 2.45) is 4.99 Å². The van der Waals surface area contributed by atoms with Gasteiger partial charge in [-0.25, -0.2) is 21.8 Å². The fourth-order valence-electron chi connectivity index (χ4n) is 3.39. The predicted octanol–water partition coefficient (Wildman–Crippen LogP) is 5.03. The topological polar surface area (TPSA) is 93.0 Å². The molecular formula is C24H26BrFN4O4S. The van der Waals surface area contributed by atoms with E-state index in [2.05, 4.69) is 26.2 Å². The number of nitrogens with zero attached hydrogens (tertiary/aromatic N) is 3. The Labute approximate surface area is 212 Å². The Hall–Kier alpha value is -3.18. The maximum Gasteiger partial charge on any atom is 0.270 e. The van der Waals surface area contributed by atoms with E-state index >= 15 is 0 Å². The molecule has 0 unspecified atom stereocenters. The molecule has 0 bridgehead atoms. The third kappa shape index (κ3) is 5.25. The monoisotopic (exact) mass is 564 g/mol. The summed E-state index contributed by atoms with van der Waals surface area (Å²) in [6, 6.07) is 8.95. The van der Waals surface area contributed by atoms with Crippen LogP contribution in [0.3, 0.4) is 0 Å². The lowest BCUT2D eigenvalue weighted by Gasteiger charge is -2.16. The third-order valence-corrected chi connectivity index (χ3v) is 7.84. The van der Waals surface area contributed by atoms with Crippen molar-refractivity contribution >= 4 is 49.7 Å². The molecule has 0 aliphatic carbocycles. The number of aromatic nitrogens is 1. The number of nitrogens with one attached hydrogen (secondary N) is 1. The summed E-state index contributed by atoms with van der Waals surface area (Å²) in [6.45, 7) is 5.07. The van der Waals surface area contributed by atoms with Crippen LogP contribution in [-0.2, 0) is 10.0 Å². The van der Waals surface area contributed by atoms with Gasteiger partial charge in [0.05, 0.1) is 29.6 Å². The highest BCUT2D eigenvalue weighted by Gasteiger charge is 2.29. The standard InChI is InChI=1S/C24H26BrFN4O4S/c1-14-7-9-17(10-8-14)35(32,33)30-21(25)11-18(23(30)27-13-29(4)5)24(31)28-22-15(2)19(26)12-20(34-6)16(22)3/h7-13H,1-6H3,(H,28,31). The van der Waals surface area contributed by atoms with Crippen LogP contribution in [0.1, 0.15) is 27.0 Å². The Morgan fingerprint density at radius 3 is 2.34 bits per heavy atom. The summed E-state index contributed by atoms with van der Waals surface area (Å²) in [7, 11) is 0.728. The number of hydrogen-bond acceptors (Lipinski definition) is 5. The van der Waals surface area contributed by atoms with Crippen LogP contribution in [-0.4, -0.2) is 50.7 Å². The first-order valence-electron chi connectivity index (χ1n) is 10.5. The quantitative estimate of drug-likeness (QED) is 0.320. The molecule has 0 aliphatic rings. The summed E-state index contributed by atoms with van der Waals surface area (Å²) < 4.78 is 47.7. The van der Waals surface area contributed by atoms with E-state index in [0.29, 0.717) is 5.56 Å². The SMILES string of the molecule is COc1cc(F)c(C)c(NC(=O)c2cc(Br)n(S(=O)(=O)c3ccc(C)cc3)c2N=CN(C)C)c1C. The van der Waals surface area contributed by atoms with Gasteiger partial charge in [0.1, 0.15) is 16.2 Å². The molecule has 1 aromatic heterocycles. The van der Waals surface area contributed by atoms with Crippen LogP contribution < -0.4 is 10.1 Å². The molecule has 8 nitrogen and oxygen atoms in total. The van der Waals surface area contributed by atoms with Gasteiger partial charge in [-0.2, -0.15) is 0 Å². The van der Waals surface area contributed by atoms with Crippen LogP contribution in [0.5, 0.6) is 5.75 Å². The average molecular weight is 565 g/mol. The molecule has 2 aromatic carbocycles. The van der Waals surface area contributed by atoms with Crippen molar-refractivity contribution in [1.82, 2.24) is 8.87 Å². The number of rotatable bonds is 7. The number of halogens is 2. The van der Waals surface area contributed by atoms with Crippen LogP contribution in [0.2, 0.25) is 0 Å². The van der Waals surface area contributed by atoms with Crippen LogP contribution in [0.15, 0.2) is 50.9 Å². The number of anilines is 1. The van der Waals surface area contributed by atoms with Gasteiger partial charge in [-0.1, -0.05) is 17.7 Å². The number of aliphatic imine (C=N–C) groups is 1. The second-order valence-electron chi connectivity index (χ2n) is 8.13. The number of carbonyl (C=O) groups is 1. The number of methoxy groups -OCH3 is 1. The Morgan fingerprint density at radius 2 is 1.77 bits per heavy atom. The molecule has 0 spiro atoms. The lowest BCUT2D eigenvalue weighted by Crippen LogP contribution is -2.17. The molecule has 35 heavy (non-hydrogen) atoms. The van der Waals surface area contributed by atoms with Gasteiger partial charge in [0.25, 0.3) is 15.9 Å². The minimum absolute atomic E-state index is 0.0207. The summed E-state index contributed by atoms with van der Waals surface area (Å²) >= 11 is 3.28. The van der Waals surface area contributed by atoms with E-state index in [9.17, 15) is 17.6 Å². The molecule has 0 aliphatic heterocycles. The van der Waals surface area contributed by atoms with Crippen LogP contribution in [0.4, 0.5) is 15.9 Å². The summed E-state index contributed by atoms with van der Waals surface area (Å²) in [5.41, 5.74) is 1.87. The maximum absolute atomic E-state index is 14.4. The Kier molecular flexibility index (Phi) is 7.71. The molecule has 0 saturated carbocycles. The molecule has 1 amide bonds. The summed E-state index contributed by atoms with van der Waals surface area (Å²) in [4.78, 5) is 19.3. The first-order chi connectivity index (χ1) is 16.4. The molecule has 0 radical (unpaired) electrons. The van der Waals surface area contributed by atoms with Crippen LogP contribution in [0, 0.1) is 26.6 Å². The smallest absolute Gasteiger partial charge is 0.270 e. The van der Waals surface area contributed by atoms with Crippen molar-refractivity contribution in [2.45, 2.75) is 25.7 Å². The first-order valence-corrected chi connectivity index (χ1v) is 12.7. The largest absolute Gasteiger partial charge is 0.496 e. The summed E-state index contributed by atoms with van der Waals surface area (Å²) in [6.07, 6.45) is 1.39. The molecule has 186 valence electrons. The minimum Gasteiger partial charge on any atom is -0.496 e. The number of aryl methyl sites for hydroxylation is 1. The van der Waals surface area contributed by atoms with Crippen LogP contribution in [0.25, 0.3) is 0 Å². The van der Waals surface area contributed by atoms with E-state index in [4.69, 9.17) is 4.74 Å². The van der Waals surface area contributed by atoms with E-state index in [1.54, 1.807) is 38.1 Å². The highest BCUT2D eigenvalue weighted by Crippen LogP contribution is 2.35. The molecule has 0 saturated heterocycles. The van der Waals surface area contributed by atoms with Crippen molar-refractivity contribution in [2.75, 3.05) is 26.5 Å². The highest BCUT2D eigenvalue weighted by molar-refractivity contribution is 9.10. The van der Waals surface area contributed by atoms with Crippen molar-refractivity contribution < 1.29 is 22.3 Å². The normalized spacial score (nSPS) is 11.7. The first kappa shape index (κ1) is 26.4. The molecule has 1 heterocycles. The van der Waals surface area contributed by atoms with Gasteiger partial charge in [0.15, 0.2) is 5.82 Å². The lowest BCUT2D eigenvalue weighted by atomic mass is 10.1. The summed E-state index contributed by atoms with van der Waals surface area (Å²) in [5, 5.41) is 2.70. The molecule has 0 fully saturated rings. The third-order valence-electron chi connectivity index (χ3n) is 5.30. The van der Waals surface area contributed by atoms with Crippen molar-refractivity contribution in [3.05, 3.63) is 69.1 Å². The zero-order chi connectivity index (χ0) is 26.1. The Bertz CT molecular complexity index is 1410. The predicted molar refractivity (Wildman–Crippen MR) is 138 cm³/mol. The van der Waals surface area contributed by atoms with Gasteiger partial charge in [0, 0.05) is 31.3 Å². The Morgan fingerprint density at radius 1 is 1.14 bits per heavy atom. The van der Waals surface area contributed by atoms with Crippen molar-refractivity contribution in [3.63, 3.8) is 0 Å². The van der Waals surface area contributed by atoms with E-state index in [0.717, 1.165) is 9.54 Å². The lowest BCUT2D eigenvalue weighted by molar-refractivity contribution is 0.102. The minimum atomic E-state index is -4.11. The fraction of sp³-hybridized carbons (Fsp3) is 0.250. The summed E-state index contributed by atoms with van der Waals surface area (Å²) in [5.74, 6) is -1.04. The molecule has 1 N–H and O–H groups in total. The van der Waals surface area contributed by atoms with Gasteiger partial charge in [-0.3, -0.25) is 4.79 Å². The number of ether oxygens (including phenoxy) is 1. The molecule has 11 heteroatoms. The van der Waals surface area contributed by atoms with Gasteiger partial charge < -0.3 is 15.0 Å². The van der Waals surface area contributed by atoms with Gasteiger partial charge in [-0.05, 0) is 54.9 Å².